The number of para-hydroxylation sites is 1. The molecule has 0 aromatic heterocycles. The molecular weight excluding hydrogens is 352 g/mol. The van der Waals surface area contributed by atoms with Gasteiger partial charge < -0.3 is 19.7 Å². The molecule has 2 aliphatic heterocycles. The first-order valence-electron chi connectivity index (χ1n) is 10.7. The smallest absolute Gasteiger partial charge is 0.193 e. The van der Waals surface area contributed by atoms with Crippen LogP contribution in [0, 0.1) is 0 Å². The van der Waals surface area contributed by atoms with Crippen molar-refractivity contribution >= 4 is 5.96 Å². The molecule has 2 saturated heterocycles. The summed E-state index contributed by atoms with van der Waals surface area (Å²) in [5, 5.41) is 3.54. The lowest BCUT2D eigenvalue weighted by atomic mass is 10.1. The lowest BCUT2D eigenvalue weighted by Crippen LogP contribution is -2.48. The first-order valence-corrected chi connectivity index (χ1v) is 10.7. The fraction of sp³-hybridized carbons (Fsp3) is 0.682. The average molecular weight is 389 g/mol. The van der Waals surface area contributed by atoms with Crippen LogP contribution in [0.5, 0.6) is 5.75 Å². The molecule has 1 aromatic rings. The molecule has 2 aliphatic rings. The molecule has 1 aromatic carbocycles. The molecular formula is C22H36N4O2. The van der Waals surface area contributed by atoms with Crippen molar-refractivity contribution in [2.24, 2.45) is 4.99 Å². The average Bonchev–Trinajstić information content (AvgIpc) is 2.69. The van der Waals surface area contributed by atoms with Gasteiger partial charge in [0, 0.05) is 59.2 Å². The predicted octanol–water partition coefficient (Wildman–Crippen LogP) is 2.60. The number of aliphatic imine (C=N–C) groups is 1. The van der Waals surface area contributed by atoms with Crippen molar-refractivity contribution < 1.29 is 9.47 Å². The van der Waals surface area contributed by atoms with Crippen molar-refractivity contribution in [1.82, 2.24) is 15.1 Å². The van der Waals surface area contributed by atoms with Crippen LogP contribution in [0.25, 0.3) is 0 Å². The Morgan fingerprint density at radius 3 is 2.46 bits per heavy atom. The molecule has 3 rings (SSSR count). The van der Waals surface area contributed by atoms with Gasteiger partial charge in [0.15, 0.2) is 5.96 Å². The highest BCUT2D eigenvalue weighted by Gasteiger charge is 2.23. The fourth-order valence-corrected chi connectivity index (χ4v) is 4.18. The Hall–Kier alpha value is -1.79. The van der Waals surface area contributed by atoms with Gasteiger partial charge in [0.1, 0.15) is 11.9 Å². The zero-order valence-electron chi connectivity index (χ0n) is 17.6. The summed E-state index contributed by atoms with van der Waals surface area (Å²) in [5.41, 5.74) is 0. The van der Waals surface area contributed by atoms with Gasteiger partial charge in [-0.25, -0.2) is 0 Å². The highest BCUT2D eigenvalue weighted by Crippen LogP contribution is 2.18. The van der Waals surface area contributed by atoms with Gasteiger partial charge >= 0.3 is 0 Å². The Kier molecular flexibility index (Phi) is 7.98. The molecule has 156 valence electrons. The lowest BCUT2D eigenvalue weighted by molar-refractivity contribution is -0.0679. The Balaban J connectivity index is 1.34. The van der Waals surface area contributed by atoms with E-state index in [0.717, 1.165) is 70.2 Å². The van der Waals surface area contributed by atoms with Crippen LogP contribution < -0.4 is 10.1 Å². The molecule has 2 heterocycles. The minimum Gasteiger partial charge on any atom is -0.490 e. The second kappa shape index (κ2) is 10.7. The summed E-state index contributed by atoms with van der Waals surface area (Å²) in [5.74, 6) is 1.98. The van der Waals surface area contributed by atoms with Crippen molar-refractivity contribution in [3.8, 4) is 5.75 Å². The van der Waals surface area contributed by atoms with Crippen molar-refractivity contribution in [2.75, 3.05) is 46.3 Å². The van der Waals surface area contributed by atoms with Crippen molar-refractivity contribution in [1.29, 1.82) is 0 Å². The molecule has 0 amide bonds. The van der Waals surface area contributed by atoms with E-state index in [9.17, 15) is 0 Å². The van der Waals surface area contributed by atoms with E-state index in [1.165, 1.54) is 0 Å². The summed E-state index contributed by atoms with van der Waals surface area (Å²) >= 11 is 0. The zero-order valence-corrected chi connectivity index (χ0v) is 17.6. The molecule has 28 heavy (non-hydrogen) atoms. The molecule has 0 saturated carbocycles. The number of benzene rings is 1. The number of nitrogens with one attached hydrogen (secondary N) is 1. The maximum absolute atomic E-state index is 6.10. The molecule has 0 spiro atoms. The molecule has 2 fully saturated rings. The maximum atomic E-state index is 6.10. The summed E-state index contributed by atoms with van der Waals surface area (Å²) in [7, 11) is 1.88. The molecule has 0 aliphatic carbocycles. The summed E-state index contributed by atoms with van der Waals surface area (Å²) < 4.78 is 11.9. The lowest BCUT2D eigenvalue weighted by Gasteiger charge is -2.36. The minimum atomic E-state index is 0.294. The van der Waals surface area contributed by atoms with Crippen LogP contribution in [0.15, 0.2) is 35.3 Å². The molecule has 6 nitrogen and oxygen atoms in total. The second-order valence-corrected chi connectivity index (χ2v) is 7.96. The Bertz CT molecular complexity index is 592. The number of morpholine rings is 1. The van der Waals surface area contributed by atoms with E-state index in [2.05, 4.69) is 34.0 Å². The largest absolute Gasteiger partial charge is 0.490 e. The van der Waals surface area contributed by atoms with Gasteiger partial charge in [0.05, 0.1) is 12.2 Å². The number of likely N-dealkylation sites (tertiary alicyclic amines) is 1. The van der Waals surface area contributed by atoms with Gasteiger partial charge in [0.25, 0.3) is 0 Å². The van der Waals surface area contributed by atoms with E-state index in [1.54, 1.807) is 0 Å². The van der Waals surface area contributed by atoms with Gasteiger partial charge in [-0.15, -0.1) is 0 Å². The molecule has 1 N–H and O–H groups in total. The van der Waals surface area contributed by atoms with Crippen LogP contribution in [-0.4, -0.2) is 80.4 Å². The van der Waals surface area contributed by atoms with Gasteiger partial charge in [-0.05, 0) is 32.4 Å². The first-order chi connectivity index (χ1) is 13.6. The number of rotatable bonds is 6. The number of nitrogens with zero attached hydrogens (tertiary/aromatic N) is 3. The summed E-state index contributed by atoms with van der Waals surface area (Å²) in [4.78, 5) is 9.35. The zero-order chi connectivity index (χ0) is 19.8. The maximum Gasteiger partial charge on any atom is 0.193 e. The summed E-state index contributed by atoms with van der Waals surface area (Å²) in [6.07, 6.45) is 4.14. The molecule has 0 bridgehead atoms. The van der Waals surface area contributed by atoms with Crippen LogP contribution in [0.3, 0.4) is 0 Å². The fourth-order valence-electron chi connectivity index (χ4n) is 4.18. The van der Waals surface area contributed by atoms with Crippen molar-refractivity contribution in [2.45, 2.75) is 51.4 Å². The number of hydrogen-bond acceptors (Lipinski definition) is 4. The summed E-state index contributed by atoms with van der Waals surface area (Å²) in [6, 6.07) is 10.1. The van der Waals surface area contributed by atoms with Crippen LogP contribution in [0.1, 0.15) is 33.1 Å². The van der Waals surface area contributed by atoms with E-state index in [1.807, 2.05) is 37.4 Å². The number of guanidine groups is 1. The van der Waals surface area contributed by atoms with Crippen LogP contribution >= 0.6 is 0 Å². The van der Waals surface area contributed by atoms with Crippen LogP contribution in [0.2, 0.25) is 0 Å². The highest BCUT2D eigenvalue weighted by molar-refractivity contribution is 5.79. The van der Waals surface area contributed by atoms with Crippen LogP contribution in [0.4, 0.5) is 0 Å². The van der Waals surface area contributed by atoms with Gasteiger partial charge in [-0.1, -0.05) is 18.2 Å². The van der Waals surface area contributed by atoms with E-state index < -0.39 is 0 Å². The molecule has 0 radical (unpaired) electrons. The van der Waals surface area contributed by atoms with Crippen molar-refractivity contribution in [3.05, 3.63) is 30.3 Å². The van der Waals surface area contributed by atoms with E-state index in [-0.39, 0.29) is 0 Å². The van der Waals surface area contributed by atoms with Gasteiger partial charge in [-0.2, -0.15) is 0 Å². The van der Waals surface area contributed by atoms with Gasteiger partial charge in [-0.3, -0.25) is 9.89 Å². The third-order valence-electron chi connectivity index (χ3n) is 5.43. The third-order valence-corrected chi connectivity index (χ3v) is 5.43. The molecule has 2 atom stereocenters. The SMILES string of the molecule is CN=C(NCCCN1CC(C)OC(C)C1)N1CCC(Oc2ccccc2)CC1. The number of hydrogen-bond donors (Lipinski definition) is 1. The van der Waals surface area contributed by atoms with E-state index >= 15 is 0 Å². The third kappa shape index (κ3) is 6.38. The first kappa shape index (κ1) is 20.9. The second-order valence-electron chi connectivity index (χ2n) is 7.96. The molecule has 2 unspecified atom stereocenters. The summed E-state index contributed by atoms with van der Waals surface area (Å²) in [6.45, 7) is 10.4. The monoisotopic (exact) mass is 388 g/mol. The Morgan fingerprint density at radius 2 is 1.82 bits per heavy atom. The Morgan fingerprint density at radius 1 is 1.14 bits per heavy atom. The Labute approximate surface area is 169 Å². The van der Waals surface area contributed by atoms with Crippen molar-refractivity contribution in [3.63, 3.8) is 0 Å². The van der Waals surface area contributed by atoms with Crippen LogP contribution in [-0.2, 0) is 4.74 Å². The molecule has 6 heteroatoms. The van der Waals surface area contributed by atoms with E-state index in [0.29, 0.717) is 18.3 Å². The van der Waals surface area contributed by atoms with Gasteiger partial charge in [0.2, 0.25) is 0 Å². The highest BCUT2D eigenvalue weighted by atomic mass is 16.5. The standard InChI is InChI=1S/C22H36N4O2/c1-18-16-25(17-19(2)27-18)13-7-12-24-22(23-3)26-14-10-21(11-15-26)28-20-8-5-4-6-9-20/h4-6,8-9,18-19,21H,7,10-17H2,1-3H3,(H,23,24). The van der Waals surface area contributed by atoms with E-state index in [4.69, 9.17) is 9.47 Å². The topological polar surface area (TPSA) is 49.3 Å². The quantitative estimate of drug-likeness (QED) is 0.461. The number of ether oxygens (including phenoxy) is 2. The normalized spacial score (nSPS) is 25.0. The minimum absolute atomic E-state index is 0.294. The predicted molar refractivity (Wildman–Crippen MR) is 114 cm³/mol. The number of piperidine rings is 1.